The van der Waals surface area contributed by atoms with Gasteiger partial charge in [0.25, 0.3) is 0 Å². The average Bonchev–Trinajstić information content (AvgIpc) is 2.72. The molecule has 36 heavy (non-hydrogen) atoms. The molecule has 9 heteroatoms. The van der Waals surface area contributed by atoms with Gasteiger partial charge in [0, 0.05) is 6.42 Å². The molecule has 0 saturated carbocycles. The number of nitrogens with one attached hydrogen (secondary N) is 2. The molecule has 0 heterocycles. The highest BCUT2D eigenvalue weighted by Gasteiger charge is 2.31. The van der Waals surface area contributed by atoms with Crippen LogP contribution in [-0.4, -0.2) is 47.2 Å². The lowest BCUT2D eigenvalue weighted by atomic mass is 10.0. The van der Waals surface area contributed by atoms with Crippen LogP contribution in [0.2, 0.25) is 0 Å². The SMILES string of the molecule is CC(C)C[C@H](NC(=O)[C@H](CCC(=O)OC(C)(C)C)NC(=O)OCc1ccccc1)C(=O)OC(C)(C)C. The normalized spacial score (nSPS) is 13.4. The summed E-state index contributed by atoms with van der Waals surface area (Å²) in [5.74, 6) is -1.61. The maximum Gasteiger partial charge on any atom is 0.408 e. The highest BCUT2D eigenvalue weighted by molar-refractivity contribution is 5.90. The van der Waals surface area contributed by atoms with Gasteiger partial charge in [0.2, 0.25) is 5.91 Å². The highest BCUT2D eigenvalue weighted by Crippen LogP contribution is 2.14. The number of esters is 2. The Labute approximate surface area is 214 Å². The number of hydrogen-bond acceptors (Lipinski definition) is 7. The van der Waals surface area contributed by atoms with Crippen LogP contribution in [-0.2, 0) is 35.2 Å². The van der Waals surface area contributed by atoms with Crippen molar-refractivity contribution in [3.63, 3.8) is 0 Å². The molecule has 202 valence electrons. The first-order valence-electron chi connectivity index (χ1n) is 12.3. The Balaban J connectivity index is 2.94. The molecule has 1 aromatic carbocycles. The Morgan fingerprint density at radius 3 is 1.94 bits per heavy atom. The second kappa shape index (κ2) is 13.8. The van der Waals surface area contributed by atoms with Gasteiger partial charge in [-0.05, 0) is 65.9 Å². The lowest BCUT2D eigenvalue weighted by Crippen LogP contribution is -2.53. The maximum atomic E-state index is 13.2. The number of hydrogen-bond donors (Lipinski definition) is 2. The van der Waals surface area contributed by atoms with Crippen molar-refractivity contribution in [1.29, 1.82) is 0 Å². The number of ether oxygens (including phenoxy) is 3. The quantitative estimate of drug-likeness (QED) is 0.340. The van der Waals surface area contributed by atoms with E-state index >= 15 is 0 Å². The molecule has 0 spiro atoms. The molecule has 9 nitrogen and oxygen atoms in total. The molecule has 0 aromatic heterocycles. The second-order valence-corrected chi connectivity index (χ2v) is 11.1. The van der Waals surface area contributed by atoms with E-state index in [-0.39, 0.29) is 25.4 Å². The van der Waals surface area contributed by atoms with E-state index < -0.39 is 47.2 Å². The topological polar surface area (TPSA) is 120 Å². The van der Waals surface area contributed by atoms with E-state index in [9.17, 15) is 19.2 Å². The van der Waals surface area contributed by atoms with E-state index in [4.69, 9.17) is 14.2 Å². The van der Waals surface area contributed by atoms with Crippen LogP contribution in [0.1, 0.15) is 80.2 Å². The lowest BCUT2D eigenvalue weighted by molar-refractivity contribution is -0.159. The van der Waals surface area contributed by atoms with Gasteiger partial charge in [0.15, 0.2) is 0 Å². The van der Waals surface area contributed by atoms with E-state index in [0.717, 1.165) is 5.56 Å². The Kier molecular flexibility index (Phi) is 11.9. The van der Waals surface area contributed by atoms with Gasteiger partial charge in [0.1, 0.15) is 29.9 Å². The summed E-state index contributed by atoms with van der Waals surface area (Å²) in [6, 6.07) is 7.05. The molecule has 2 atom stereocenters. The molecule has 0 aliphatic heterocycles. The molecule has 1 rings (SSSR count). The van der Waals surface area contributed by atoms with E-state index in [1.165, 1.54) is 0 Å². The van der Waals surface area contributed by atoms with Crippen molar-refractivity contribution in [1.82, 2.24) is 10.6 Å². The zero-order valence-corrected chi connectivity index (χ0v) is 22.8. The summed E-state index contributed by atoms with van der Waals surface area (Å²) in [4.78, 5) is 50.6. The van der Waals surface area contributed by atoms with Crippen molar-refractivity contribution >= 4 is 23.9 Å². The van der Waals surface area contributed by atoms with Gasteiger partial charge in [-0.2, -0.15) is 0 Å². The summed E-state index contributed by atoms with van der Waals surface area (Å²) in [5.41, 5.74) is -0.632. The number of alkyl carbamates (subject to hydrolysis) is 1. The monoisotopic (exact) mass is 506 g/mol. The predicted octanol–water partition coefficient (Wildman–Crippen LogP) is 4.28. The van der Waals surface area contributed by atoms with Gasteiger partial charge in [-0.3, -0.25) is 9.59 Å². The number of rotatable bonds is 11. The zero-order chi connectivity index (χ0) is 27.5. The number of benzene rings is 1. The molecule has 0 saturated heterocycles. The fraction of sp³-hybridized carbons (Fsp3) is 0.630. The van der Waals surface area contributed by atoms with Crippen LogP contribution in [0.3, 0.4) is 0 Å². The molecule has 2 N–H and O–H groups in total. The number of carbonyl (C=O) groups excluding carboxylic acids is 4. The van der Waals surface area contributed by atoms with Crippen LogP contribution in [0.4, 0.5) is 4.79 Å². The molecule has 2 amide bonds. The predicted molar refractivity (Wildman–Crippen MR) is 136 cm³/mol. The molecular weight excluding hydrogens is 464 g/mol. The van der Waals surface area contributed by atoms with Gasteiger partial charge in [-0.25, -0.2) is 9.59 Å². The van der Waals surface area contributed by atoms with Gasteiger partial charge >= 0.3 is 18.0 Å². The molecule has 0 unspecified atom stereocenters. The Bertz CT molecular complexity index is 870. The number of carbonyl (C=O) groups is 4. The maximum absolute atomic E-state index is 13.2. The number of amides is 2. The minimum atomic E-state index is -1.13. The van der Waals surface area contributed by atoms with Crippen LogP contribution in [0.25, 0.3) is 0 Å². The van der Waals surface area contributed by atoms with Crippen molar-refractivity contribution in [2.45, 2.75) is 105 Å². The van der Waals surface area contributed by atoms with E-state index in [2.05, 4.69) is 10.6 Å². The smallest absolute Gasteiger partial charge is 0.408 e. The molecule has 0 radical (unpaired) electrons. The van der Waals surface area contributed by atoms with Crippen LogP contribution in [0.5, 0.6) is 0 Å². The standard InChI is InChI=1S/C27H42N2O7/c1-18(2)16-21(24(32)36-27(6,7)8)28-23(31)20(14-15-22(30)35-26(3,4)5)29-25(33)34-17-19-12-10-9-11-13-19/h9-13,18,20-21H,14-17H2,1-8H3,(H,28,31)(H,29,33)/t20-,21-/m0/s1. The van der Waals surface area contributed by atoms with Gasteiger partial charge in [-0.1, -0.05) is 44.2 Å². The fourth-order valence-corrected chi connectivity index (χ4v) is 3.16. The average molecular weight is 507 g/mol. The van der Waals surface area contributed by atoms with Crippen molar-refractivity contribution in [3.8, 4) is 0 Å². The molecule has 1 aromatic rings. The second-order valence-electron chi connectivity index (χ2n) is 11.1. The molecule has 0 bridgehead atoms. The van der Waals surface area contributed by atoms with E-state index in [1.54, 1.807) is 53.7 Å². The first-order valence-corrected chi connectivity index (χ1v) is 12.3. The minimum Gasteiger partial charge on any atom is -0.460 e. The first kappa shape index (κ1) is 30.9. The minimum absolute atomic E-state index is 0.0148. The Hall–Kier alpha value is -3.10. The lowest BCUT2D eigenvalue weighted by Gasteiger charge is -2.27. The largest absolute Gasteiger partial charge is 0.460 e. The zero-order valence-electron chi connectivity index (χ0n) is 22.8. The third-order valence-electron chi connectivity index (χ3n) is 4.59. The molecule has 0 aliphatic rings. The van der Waals surface area contributed by atoms with Crippen molar-refractivity contribution in [2.75, 3.05) is 0 Å². The summed E-state index contributed by atoms with van der Waals surface area (Å²) in [6.07, 6.45) is -0.627. The Morgan fingerprint density at radius 2 is 1.42 bits per heavy atom. The van der Waals surface area contributed by atoms with Crippen LogP contribution >= 0.6 is 0 Å². The van der Waals surface area contributed by atoms with Crippen LogP contribution in [0, 0.1) is 5.92 Å². The third kappa shape index (κ3) is 13.7. The van der Waals surface area contributed by atoms with E-state index in [1.807, 2.05) is 32.0 Å². The Morgan fingerprint density at radius 1 is 0.833 bits per heavy atom. The molecule has 0 aliphatic carbocycles. The fourth-order valence-electron chi connectivity index (χ4n) is 3.16. The van der Waals surface area contributed by atoms with Crippen molar-refractivity contribution < 1.29 is 33.4 Å². The first-order chi connectivity index (χ1) is 16.6. The van der Waals surface area contributed by atoms with Gasteiger partial charge in [-0.15, -0.1) is 0 Å². The van der Waals surface area contributed by atoms with Crippen molar-refractivity contribution in [2.24, 2.45) is 5.92 Å². The summed E-state index contributed by atoms with van der Waals surface area (Å²) >= 11 is 0. The van der Waals surface area contributed by atoms with Crippen molar-refractivity contribution in [3.05, 3.63) is 35.9 Å². The summed E-state index contributed by atoms with van der Waals surface area (Å²) in [7, 11) is 0. The van der Waals surface area contributed by atoms with E-state index in [0.29, 0.717) is 6.42 Å². The van der Waals surface area contributed by atoms with Crippen LogP contribution in [0.15, 0.2) is 30.3 Å². The summed E-state index contributed by atoms with van der Waals surface area (Å²) in [5, 5.41) is 5.20. The summed E-state index contributed by atoms with van der Waals surface area (Å²) in [6.45, 7) is 14.3. The molecule has 0 fully saturated rings. The van der Waals surface area contributed by atoms with Gasteiger partial charge < -0.3 is 24.8 Å². The molecular formula is C27H42N2O7. The third-order valence-corrected chi connectivity index (χ3v) is 4.59. The highest BCUT2D eigenvalue weighted by atomic mass is 16.6. The van der Waals surface area contributed by atoms with Crippen LogP contribution < -0.4 is 10.6 Å². The summed E-state index contributed by atoms with van der Waals surface area (Å²) < 4.78 is 16.0. The van der Waals surface area contributed by atoms with Gasteiger partial charge in [0.05, 0.1) is 0 Å².